The summed E-state index contributed by atoms with van der Waals surface area (Å²) in [5, 5.41) is 3.02. The highest BCUT2D eigenvalue weighted by Crippen LogP contribution is 2.12. The van der Waals surface area contributed by atoms with E-state index in [-0.39, 0.29) is 5.97 Å². The maximum atomic E-state index is 11.7. The Balaban J connectivity index is 2.64. The molecular formula is C12H19N3O2. The molecule has 0 amide bonds. The smallest absolute Gasteiger partial charge is 0.340 e. The van der Waals surface area contributed by atoms with Gasteiger partial charge in [-0.1, -0.05) is 0 Å². The second-order valence-corrected chi connectivity index (χ2v) is 4.65. The maximum Gasteiger partial charge on any atom is 0.340 e. The Bertz CT molecular complexity index is 368. The van der Waals surface area contributed by atoms with Crippen molar-refractivity contribution in [1.29, 1.82) is 0 Å². The number of carbonyl (C=O) groups is 1. The zero-order valence-corrected chi connectivity index (χ0v) is 10.5. The van der Waals surface area contributed by atoms with Crippen LogP contribution in [0, 0.1) is 0 Å². The highest BCUT2D eigenvalue weighted by molar-refractivity contribution is 5.89. The zero-order chi connectivity index (χ0) is 12.9. The summed E-state index contributed by atoms with van der Waals surface area (Å²) in [4.78, 5) is 15.8. The molecule has 0 bridgehead atoms. The van der Waals surface area contributed by atoms with Crippen LogP contribution in [-0.4, -0.2) is 29.6 Å². The first kappa shape index (κ1) is 13.4. The van der Waals surface area contributed by atoms with Crippen LogP contribution >= 0.6 is 0 Å². The molecule has 5 heteroatoms. The largest absolute Gasteiger partial charge is 0.456 e. The molecule has 0 fully saturated rings. The Morgan fingerprint density at radius 1 is 1.47 bits per heavy atom. The summed E-state index contributed by atoms with van der Waals surface area (Å²) in [5.41, 5.74) is 5.31. The van der Waals surface area contributed by atoms with Crippen molar-refractivity contribution in [3.05, 3.63) is 23.9 Å². The van der Waals surface area contributed by atoms with E-state index in [9.17, 15) is 4.79 Å². The van der Waals surface area contributed by atoms with E-state index in [2.05, 4.69) is 10.3 Å². The maximum absolute atomic E-state index is 11.7. The van der Waals surface area contributed by atoms with E-state index < -0.39 is 5.60 Å². The van der Waals surface area contributed by atoms with Gasteiger partial charge < -0.3 is 15.8 Å². The van der Waals surface area contributed by atoms with Crippen molar-refractivity contribution in [2.24, 2.45) is 5.73 Å². The molecule has 0 aliphatic heterocycles. The van der Waals surface area contributed by atoms with Gasteiger partial charge in [0.15, 0.2) is 0 Å². The standard InChI is InChI=1S/C12H19N3O2/c1-12(2,3)17-11(16)9-4-5-10(15-8-9)14-7-6-13/h4-5,8H,6-7,13H2,1-3H3,(H,14,15). The lowest BCUT2D eigenvalue weighted by Crippen LogP contribution is -2.24. The van der Waals surface area contributed by atoms with Crippen LogP contribution < -0.4 is 11.1 Å². The van der Waals surface area contributed by atoms with Crippen LogP contribution in [0.2, 0.25) is 0 Å². The van der Waals surface area contributed by atoms with E-state index >= 15 is 0 Å². The summed E-state index contributed by atoms with van der Waals surface area (Å²) in [6.07, 6.45) is 1.49. The van der Waals surface area contributed by atoms with Crippen molar-refractivity contribution in [3.8, 4) is 0 Å². The molecule has 17 heavy (non-hydrogen) atoms. The van der Waals surface area contributed by atoms with E-state index in [4.69, 9.17) is 10.5 Å². The fraction of sp³-hybridized carbons (Fsp3) is 0.500. The van der Waals surface area contributed by atoms with Gasteiger partial charge in [0.05, 0.1) is 5.56 Å². The van der Waals surface area contributed by atoms with E-state index in [1.807, 2.05) is 20.8 Å². The Morgan fingerprint density at radius 2 is 2.18 bits per heavy atom. The van der Waals surface area contributed by atoms with Gasteiger partial charge in [-0.2, -0.15) is 0 Å². The predicted molar refractivity (Wildman–Crippen MR) is 66.9 cm³/mol. The number of rotatable bonds is 4. The Morgan fingerprint density at radius 3 is 2.65 bits per heavy atom. The van der Waals surface area contributed by atoms with Gasteiger partial charge in [0.25, 0.3) is 0 Å². The number of nitrogens with two attached hydrogens (primary N) is 1. The van der Waals surface area contributed by atoms with Gasteiger partial charge in [-0.3, -0.25) is 0 Å². The summed E-state index contributed by atoms with van der Waals surface area (Å²) >= 11 is 0. The molecule has 1 aromatic rings. The van der Waals surface area contributed by atoms with Crippen molar-refractivity contribution >= 4 is 11.8 Å². The molecule has 5 nitrogen and oxygen atoms in total. The fourth-order valence-corrected chi connectivity index (χ4v) is 1.16. The molecular weight excluding hydrogens is 218 g/mol. The highest BCUT2D eigenvalue weighted by Gasteiger charge is 2.17. The topological polar surface area (TPSA) is 77.2 Å². The number of anilines is 1. The molecule has 1 rings (SSSR count). The summed E-state index contributed by atoms with van der Waals surface area (Å²) in [7, 11) is 0. The van der Waals surface area contributed by atoms with Gasteiger partial charge in [-0.25, -0.2) is 9.78 Å². The van der Waals surface area contributed by atoms with Crippen LogP contribution in [0.5, 0.6) is 0 Å². The third kappa shape index (κ3) is 4.82. The Labute approximate surface area is 101 Å². The number of nitrogens with zero attached hydrogens (tertiary/aromatic N) is 1. The van der Waals surface area contributed by atoms with E-state index in [1.165, 1.54) is 6.20 Å². The lowest BCUT2D eigenvalue weighted by molar-refractivity contribution is 0.00691. The third-order valence-electron chi connectivity index (χ3n) is 1.85. The van der Waals surface area contributed by atoms with Crippen LogP contribution in [0.3, 0.4) is 0 Å². The fourth-order valence-electron chi connectivity index (χ4n) is 1.16. The lowest BCUT2D eigenvalue weighted by Gasteiger charge is -2.19. The van der Waals surface area contributed by atoms with Gasteiger partial charge >= 0.3 is 5.97 Å². The van der Waals surface area contributed by atoms with Crippen molar-refractivity contribution in [1.82, 2.24) is 4.98 Å². The van der Waals surface area contributed by atoms with Crippen molar-refractivity contribution in [3.63, 3.8) is 0 Å². The van der Waals surface area contributed by atoms with Gasteiger partial charge in [0.1, 0.15) is 11.4 Å². The molecule has 0 atom stereocenters. The van der Waals surface area contributed by atoms with Gasteiger partial charge in [-0.15, -0.1) is 0 Å². The number of aromatic nitrogens is 1. The molecule has 0 aliphatic rings. The average Bonchev–Trinajstić information content (AvgIpc) is 2.24. The number of esters is 1. The molecule has 0 spiro atoms. The minimum Gasteiger partial charge on any atom is -0.456 e. The van der Waals surface area contributed by atoms with Gasteiger partial charge in [-0.05, 0) is 32.9 Å². The first-order valence-corrected chi connectivity index (χ1v) is 5.56. The SMILES string of the molecule is CC(C)(C)OC(=O)c1ccc(NCCN)nc1. The van der Waals surface area contributed by atoms with Crippen LogP contribution in [0.1, 0.15) is 31.1 Å². The van der Waals surface area contributed by atoms with Crippen LogP contribution in [0.25, 0.3) is 0 Å². The van der Waals surface area contributed by atoms with Gasteiger partial charge in [0, 0.05) is 19.3 Å². The average molecular weight is 237 g/mol. The van der Waals surface area contributed by atoms with E-state index in [0.29, 0.717) is 24.5 Å². The van der Waals surface area contributed by atoms with E-state index in [1.54, 1.807) is 12.1 Å². The normalized spacial score (nSPS) is 11.1. The number of hydrogen-bond donors (Lipinski definition) is 2. The van der Waals surface area contributed by atoms with Crippen LogP contribution in [0.15, 0.2) is 18.3 Å². The summed E-state index contributed by atoms with van der Waals surface area (Å²) in [6, 6.07) is 3.41. The molecule has 0 radical (unpaired) electrons. The summed E-state index contributed by atoms with van der Waals surface area (Å²) in [5.74, 6) is 0.332. The molecule has 1 aromatic heterocycles. The Kier molecular flexibility index (Phi) is 4.45. The van der Waals surface area contributed by atoms with Gasteiger partial charge in [0.2, 0.25) is 0 Å². The monoisotopic (exact) mass is 237 g/mol. The van der Waals surface area contributed by atoms with Crippen molar-refractivity contribution in [2.45, 2.75) is 26.4 Å². The lowest BCUT2D eigenvalue weighted by atomic mass is 10.2. The molecule has 1 heterocycles. The zero-order valence-electron chi connectivity index (χ0n) is 10.5. The second kappa shape index (κ2) is 5.63. The predicted octanol–water partition coefficient (Wildman–Crippen LogP) is 1.41. The molecule has 0 aliphatic carbocycles. The number of ether oxygens (including phenoxy) is 1. The molecule has 3 N–H and O–H groups in total. The van der Waals surface area contributed by atoms with Crippen molar-refractivity contribution in [2.75, 3.05) is 18.4 Å². The first-order valence-electron chi connectivity index (χ1n) is 5.56. The number of hydrogen-bond acceptors (Lipinski definition) is 5. The number of carbonyl (C=O) groups excluding carboxylic acids is 1. The Hall–Kier alpha value is -1.62. The molecule has 0 saturated carbocycles. The molecule has 0 aromatic carbocycles. The first-order chi connectivity index (χ1) is 7.92. The van der Waals surface area contributed by atoms with Crippen LogP contribution in [-0.2, 0) is 4.74 Å². The molecule has 0 unspecified atom stereocenters. The quantitative estimate of drug-likeness (QED) is 0.774. The number of pyridine rings is 1. The second-order valence-electron chi connectivity index (χ2n) is 4.65. The minimum absolute atomic E-state index is 0.365. The highest BCUT2D eigenvalue weighted by atomic mass is 16.6. The van der Waals surface area contributed by atoms with Crippen molar-refractivity contribution < 1.29 is 9.53 Å². The van der Waals surface area contributed by atoms with E-state index in [0.717, 1.165) is 0 Å². The third-order valence-corrected chi connectivity index (χ3v) is 1.85. The summed E-state index contributed by atoms with van der Waals surface area (Å²) < 4.78 is 5.23. The number of nitrogens with one attached hydrogen (secondary N) is 1. The molecule has 0 saturated heterocycles. The minimum atomic E-state index is -0.493. The van der Waals surface area contributed by atoms with Crippen LogP contribution in [0.4, 0.5) is 5.82 Å². The summed E-state index contributed by atoms with van der Waals surface area (Å²) in [6.45, 7) is 6.68. The molecule has 94 valence electrons.